The van der Waals surface area contributed by atoms with Gasteiger partial charge >= 0.3 is 0 Å². The van der Waals surface area contributed by atoms with Crippen LogP contribution in [0.1, 0.15) is 55.8 Å². The highest BCUT2D eigenvalue weighted by Crippen LogP contribution is 2.34. The number of aliphatic hydroxyl groups excluding tert-OH is 1. The van der Waals surface area contributed by atoms with Crippen LogP contribution in [0.15, 0.2) is 22.7 Å². The van der Waals surface area contributed by atoms with E-state index in [0.29, 0.717) is 5.92 Å². The molecule has 0 radical (unpaired) electrons. The van der Waals surface area contributed by atoms with Crippen molar-refractivity contribution in [3.8, 4) is 0 Å². The fourth-order valence-electron chi connectivity index (χ4n) is 2.78. The molecule has 0 heterocycles. The van der Waals surface area contributed by atoms with Crippen LogP contribution in [0.4, 0.5) is 0 Å². The van der Waals surface area contributed by atoms with Crippen molar-refractivity contribution < 1.29 is 5.11 Å². The van der Waals surface area contributed by atoms with Crippen molar-refractivity contribution in [2.45, 2.75) is 51.6 Å². The fourth-order valence-corrected chi connectivity index (χ4v) is 3.29. The van der Waals surface area contributed by atoms with E-state index in [-0.39, 0.29) is 6.10 Å². The minimum Gasteiger partial charge on any atom is -0.388 e. The highest BCUT2D eigenvalue weighted by atomic mass is 79.9. The number of hydrogen-bond donors (Lipinski definition) is 1. The predicted molar refractivity (Wildman–Crippen MR) is 75.0 cm³/mol. The van der Waals surface area contributed by atoms with Gasteiger partial charge in [-0.05, 0) is 30.9 Å². The first-order valence-corrected chi connectivity index (χ1v) is 7.40. The van der Waals surface area contributed by atoms with E-state index in [2.05, 4.69) is 35.0 Å². The Bertz CT molecular complexity index is 369. The second-order valence-electron chi connectivity index (χ2n) is 5.28. The van der Waals surface area contributed by atoms with E-state index in [4.69, 9.17) is 0 Å². The summed E-state index contributed by atoms with van der Waals surface area (Å²) in [6.45, 7) is 2.07. The fraction of sp³-hybridized carbons (Fsp3) is 0.600. The molecule has 1 aliphatic carbocycles. The maximum absolute atomic E-state index is 10.3. The average molecular weight is 297 g/mol. The van der Waals surface area contributed by atoms with E-state index in [1.165, 1.54) is 37.7 Å². The molecule has 0 aliphatic heterocycles. The number of benzene rings is 1. The third kappa shape index (κ3) is 3.56. The van der Waals surface area contributed by atoms with Gasteiger partial charge < -0.3 is 5.11 Å². The van der Waals surface area contributed by atoms with Crippen molar-refractivity contribution in [3.63, 3.8) is 0 Å². The monoisotopic (exact) mass is 296 g/mol. The summed E-state index contributed by atoms with van der Waals surface area (Å²) in [6.07, 6.45) is 7.25. The molecule has 1 aromatic rings. The van der Waals surface area contributed by atoms with Crippen LogP contribution in [0, 0.1) is 12.8 Å². The summed E-state index contributed by atoms with van der Waals surface area (Å²) in [4.78, 5) is 0. The van der Waals surface area contributed by atoms with Gasteiger partial charge in [0.15, 0.2) is 0 Å². The number of aliphatic hydroxyl groups is 1. The summed E-state index contributed by atoms with van der Waals surface area (Å²) in [5.41, 5.74) is 2.27. The van der Waals surface area contributed by atoms with Gasteiger partial charge in [-0.2, -0.15) is 0 Å². The summed E-state index contributed by atoms with van der Waals surface area (Å²) >= 11 is 3.54. The lowest BCUT2D eigenvalue weighted by molar-refractivity contribution is 0.130. The Balaban J connectivity index is 2.02. The maximum atomic E-state index is 10.3. The normalized spacial score (nSPS) is 19.2. The van der Waals surface area contributed by atoms with E-state index in [1.54, 1.807) is 0 Å². The Morgan fingerprint density at radius 3 is 2.71 bits per heavy atom. The lowest BCUT2D eigenvalue weighted by atomic mass is 9.84. The third-order valence-corrected chi connectivity index (χ3v) is 4.51. The molecule has 94 valence electrons. The molecule has 17 heavy (non-hydrogen) atoms. The summed E-state index contributed by atoms with van der Waals surface area (Å²) in [6, 6.07) is 6.20. The van der Waals surface area contributed by atoms with Gasteiger partial charge in [-0.1, -0.05) is 65.7 Å². The number of hydrogen-bond acceptors (Lipinski definition) is 1. The Hall–Kier alpha value is -0.340. The van der Waals surface area contributed by atoms with Crippen LogP contribution in [-0.4, -0.2) is 5.11 Å². The quantitative estimate of drug-likeness (QED) is 0.852. The predicted octanol–water partition coefficient (Wildman–Crippen LogP) is 4.76. The molecule has 0 amide bonds. The molecule has 1 fully saturated rings. The van der Waals surface area contributed by atoms with Crippen molar-refractivity contribution in [1.29, 1.82) is 0 Å². The molecule has 2 rings (SSSR count). The van der Waals surface area contributed by atoms with Crippen LogP contribution >= 0.6 is 15.9 Å². The standard InChI is InChI=1S/C15H21BrO/c1-11-7-8-14(16)13(9-11)15(17)10-12-5-3-2-4-6-12/h7-9,12,15,17H,2-6,10H2,1H3. The Kier molecular flexibility index (Phi) is 4.63. The largest absolute Gasteiger partial charge is 0.388 e. The average Bonchev–Trinajstić information content (AvgIpc) is 2.33. The highest BCUT2D eigenvalue weighted by Gasteiger charge is 2.19. The summed E-state index contributed by atoms with van der Waals surface area (Å²) in [5.74, 6) is 0.714. The van der Waals surface area contributed by atoms with Crippen molar-refractivity contribution in [2.24, 2.45) is 5.92 Å². The van der Waals surface area contributed by atoms with E-state index in [0.717, 1.165) is 16.5 Å². The Morgan fingerprint density at radius 1 is 1.29 bits per heavy atom. The first kappa shape index (κ1) is 13.1. The molecule has 0 saturated heterocycles. The van der Waals surface area contributed by atoms with Crippen molar-refractivity contribution >= 4 is 15.9 Å². The summed E-state index contributed by atoms with van der Waals surface area (Å²) < 4.78 is 1.03. The maximum Gasteiger partial charge on any atom is 0.0803 e. The van der Waals surface area contributed by atoms with E-state index in [9.17, 15) is 5.11 Å². The lowest BCUT2D eigenvalue weighted by Crippen LogP contribution is -2.11. The second-order valence-corrected chi connectivity index (χ2v) is 6.13. The molecule has 0 spiro atoms. The van der Waals surface area contributed by atoms with Crippen molar-refractivity contribution in [1.82, 2.24) is 0 Å². The van der Waals surface area contributed by atoms with Crippen molar-refractivity contribution in [2.75, 3.05) is 0 Å². The molecule has 0 aromatic heterocycles. The molecular weight excluding hydrogens is 276 g/mol. The van der Waals surface area contributed by atoms with Gasteiger partial charge in [-0.3, -0.25) is 0 Å². The van der Waals surface area contributed by atoms with Gasteiger partial charge in [0.2, 0.25) is 0 Å². The number of aryl methyl sites for hydroxylation is 1. The zero-order valence-corrected chi connectivity index (χ0v) is 12.0. The van der Waals surface area contributed by atoms with Crippen molar-refractivity contribution in [3.05, 3.63) is 33.8 Å². The van der Waals surface area contributed by atoms with Crippen LogP contribution < -0.4 is 0 Å². The van der Waals surface area contributed by atoms with Gasteiger partial charge in [0.25, 0.3) is 0 Å². The van der Waals surface area contributed by atoms with Crippen LogP contribution in [-0.2, 0) is 0 Å². The molecule has 2 heteroatoms. The lowest BCUT2D eigenvalue weighted by Gasteiger charge is -2.24. The van der Waals surface area contributed by atoms with Crippen LogP contribution in [0.25, 0.3) is 0 Å². The van der Waals surface area contributed by atoms with E-state index < -0.39 is 0 Å². The second kappa shape index (κ2) is 6.01. The molecule has 1 aliphatic rings. The summed E-state index contributed by atoms with van der Waals surface area (Å²) in [5, 5.41) is 10.3. The van der Waals surface area contributed by atoms with Gasteiger partial charge in [0, 0.05) is 4.47 Å². The third-order valence-electron chi connectivity index (χ3n) is 3.79. The molecule has 1 N–H and O–H groups in total. The van der Waals surface area contributed by atoms with E-state index >= 15 is 0 Å². The molecule has 1 aromatic carbocycles. The molecule has 0 bridgehead atoms. The Labute approximate surface area is 112 Å². The smallest absolute Gasteiger partial charge is 0.0803 e. The SMILES string of the molecule is Cc1ccc(Br)c(C(O)CC2CCCCC2)c1. The molecule has 1 saturated carbocycles. The minimum atomic E-state index is -0.313. The summed E-state index contributed by atoms with van der Waals surface area (Å²) in [7, 11) is 0. The topological polar surface area (TPSA) is 20.2 Å². The Morgan fingerprint density at radius 2 is 2.00 bits per heavy atom. The molecule has 1 nitrogen and oxygen atoms in total. The van der Waals surface area contributed by atoms with Gasteiger partial charge in [-0.25, -0.2) is 0 Å². The van der Waals surface area contributed by atoms with Gasteiger partial charge in [-0.15, -0.1) is 0 Å². The zero-order valence-electron chi connectivity index (χ0n) is 10.5. The first-order chi connectivity index (χ1) is 8.16. The number of halogens is 1. The molecule has 1 unspecified atom stereocenters. The van der Waals surface area contributed by atoms with Crippen LogP contribution in [0.2, 0.25) is 0 Å². The van der Waals surface area contributed by atoms with Crippen LogP contribution in [0.5, 0.6) is 0 Å². The van der Waals surface area contributed by atoms with E-state index in [1.807, 2.05) is 6.07 Å². The number of rotatable bonds is 3. The molecule has 1 atom stereocenters. The van der Waals surface area contributed by atoms with Gasteiger partial charge in [0.1, 0.15) is 0 Å². The highest BCUT2D eigenvalue weighted by molar-refractivity contribution is 9.10. The minimum absolute atomic E-state index is 0.313. The molecular formula is C15H21BrO. The van der Waals surface area contributed by atoms with Gasteiger partial charge in [0.05, 0.1) is 6.10 Å². The van der Waals surface area contributed by atoms with Crippen LogP contribution in [0.3, 0.4) is 0 Å². The zero-order chi connectivity index (χ0) is 12.3. The first-order valence-electron chi connectivity index (χ1n) is 6.61.